The predicted molar refractivity (Wildman–Crippen MR) is 106 cm³/mol. The van der Waals surface area contributed by atoms with Gasteiger partial charge in [0.2, 0.25) is 0 Å². The fourth-order valence-corrected chi connectivity index (χ4v) is 4.23. The quantitative estimate of drug-likeness (QED) is 0.753. The van der Waals surface area contributed by atoms with Gasteiger partial charge in [0.05, 0.1) is 10.6 Å². The summed E-state index contributed by atoms with van der Waals surface area (Å²) < 4.78 is 1.55. The largest absolute Gasteiger partial charge is 0.349 e. The fourth-order valence-electron chi connectivity index (χ4n) is 3.46. The van der Waals surface area contributed by atoms with E-state index in [4.69, 9.17) is 0 Å². The molecule has 7 heteroatoms. The number of thiophene rings is 1. The molecule has 0 atom stereocenters. The lowest BCUT2D eigenvalue weighted by Gasteiger charge is -2.32. The summed E-state index contributed by atoms with van der Waals surface area (Å²) in [6.45, 7) is 4.42. The molecule has 1 amide bonds. The second-order valence-corrected chi connectivity index (χ2v) is 8.24. The summed E-state index contributed by atoms with van der Waals surface area (Å²) >= 11 is 1.53. The van der Waals surface area contributed by atoms with Crippen molar-refractivity contribution in [2.75, 3.05) is 13.1 Å². The Labute approximate surface area is 161 Å². The zero-order chi connectivity index (χ0) is 18.8. The van der Waals surface area contributed by atoms with Crippen LogP contribution in [0.2, 0.25) is 0 Å². The predicted octanol–water partition coefficient (Wildman–Crippen LogP) is 2.46. The van der Waals surface area contributed by atoms with E-state index in [0.29, 0.717) is 12.2 Å². The third kappa shape index (κ3) is 4.09. The first-order valence-electron chi connectivity index (χ1n) is 9.15. The number of carbonyl (C=O) groups excluding carboxylic acids is 1. The maximum atomic E-state index is 12.3. The summed E-state index contributed by atoms with van der Waals surface area (Å²) in [5.41, 5.74) is 1.42. The monoisotopic (exact) mass is 382 g/mol. The van der Waals surface area contributed by atoms with Crippen LogP contribution >= 0.6 is 11.3 Å². The van der Waals surface area contributed by atoms with Crippen molar-refractivity contribution in [2.45, 2.75) is 32.4 Å². The molecule has 0 aliphatic carbocycles. The second-order valence-electron chi connectivity index (χ2n) is 6.95. The van der Waals surface area contributed by atoms with Crippen molar-refractivity contribution in [1.82, 2.24) is 19.6 Å². The van der Waals surface area contributed by atoms with E-state index in [1.165, 1.54) is 11.3 Å². The third-order valence-electron chi connectivity index (χ3n) is 4.90. The molecular formula is C20H22N4O2S. The van der Waals surface area contributed by atoms with Crippen molar-refractivity contribution < 1.29 is 4.79 Å². The molecule has 0 spiro atoms. The van der Waals surface area contributed by atoms with Gasteiger partial charge in [0, 0.05) is 42.8 Å². The first kappa shape index (κ1) is 17.9. The van der Waals surface area contributed by atoms with E-state index in [1.807, 2.05) is 37.3 Å². The van der Waals surface area contributed by atoms with E-state index in [-0.39, 0.29) is 17.5 Å². The normalized spacial score (nSPS) is 15.9. The lowest BCUT2D eigenvalue weighted by atomic mass is 10.0. The molecule has 140 valence electrons. The van der Waals surface area contributed by atoms with Gasteiger partial charge in [0.25, 0.3) is 11.5 Å². The Morgan fingerprint density at radius 3 is 2.81 bits per heavy atom. The number of piperidine rings is 1. The van der Waals surface area contributed by atoms with Crippen LogP contribution in [0.1, 0.15) is 33.1 Å². The minimum Gasteiger partial charge on any atom is -0.349 e. The Bertz CT molecular complexity index is 1020. The molecule has 1 saturated heterocycles. The number of rotatable bonds is 4. The molecule has 1 aliphatic rings. The molecule has 0 saturated carbocycles. The highest BCUT2D eigenvalue weighted by atomic mass is 32.1. The van der Waals surface area contributed by atoms with E-state index >= 15 is 0 Å². The van der Waals surface area contributed by atoms with Gasteiger partial charge in [0.1, 0.15) is 5.65 Å². The standard InChI is InChI=1S/C20H22N4O2S/c1-14-5-6-17(27-14)20(26)22-15-7-10-23(11-8-15)13-16-12-19(25)24-9-3-2-4-18(24)21-16/h2-6,9,12,15H,7-8,10-11,13H2,1H3,(H,22,26). The topological polar surface area (TPSA) is 66.7 Å². The van der Waals surface area contributed by atoms with Crippen LogP contribution < -0.4 is 10.9 Å². The van der Waals surface area contributed by atoms with E-state index in [9.17, 15) is 9.59 Å². The van der Waals surface area contributed by atoms with Crippen molar-refractivity contribution in [3.8, 4) is 0 Å². The number of hydrogen-bond acceptors (Lipinski definition) is 5. The average Bonchev–Trinajstić information content (AvgIpc) is 3.10. The van der Waals surface area contributed by atoms with Gasteiger partial charge in [-0.25, -0.2) is 4.98 Å². The van der Waals surface area contributed by atoms with Crippen LogP contribution in [0.5, 0.6) is 0 Å². The highest BCUT2D eigenvalue weighted by Gasteiger charge is 2.22. The van der Waals surface area contributed by atoms with Gasteiger partial charge in [0.15, 0.2) is 0 Å². The summed E-state index contributed by atoms with van der Waals surface area (Å²) in [5, 5.41) is 3.14. The highest BCUT2D eigenvalue weighted by Crippen LogP contribution is 2.17. The van der Waals surface area contributed by atoms with E-state index in [0.717, 1.165) is 41.4 Å². The maximum absolute atomic E-state index is 12.3. The Hall–Kier alpha value is -2.51. The van der Waals surface area contributed by atoms with Crippen molar-refractivity contribution in [3.63, 3.8) is 0 Å². The lowest BCUT2D eigenvalue weighted by Crippen LogP contribution is -2.44. The van der Waals surface area contributed by atoms with Gasteiger partial charge in [-0.2, -0.15) is 0 Å². The number of amides is 1. The molecule has 4 heterocycles. The Balaban J connectivity index is 1.34. The number of aromatic nitrogens is 2. The third-order valence-corrected chi connectivity index (χ3v) is 5.90. The second kappa shape index (κ2) is 7.62. The van der Waals surface area contributed by atoms with Gasteiger partial charge >= 0.3 is 0 Å². The van der Waals surface area contributed by atoms with Gasteiger partial charge in [-0.1, -0.05) is 6.07 Å². The number of nitrogens with one attached hydrogen (secondary N) is 1. The molecular weight excluding hydrogens is 360 g/mol. The van der Waals surface area contributed by atoms with E-state index < -0.39 is 0 Å². The van der Waals surface area contributed by atoms with Crippen LogP contribution in [0.25, 0.3) is 5.65 Å². The average molecular weight is 382 g/mol. The van der Waals surface area contributed by atoms with Crippen LogP contribution in [0, 0.1) is 6.92 Å². The summed E-state index contributed by atoms with van der Waals surface area (Å²) in [4.78, 5) is 33.3. The van der Waals surface area contributed by atoms with Crippen LogP contribution in [-0.4, -0.2) is 39.3 Å². The molecule has 0 unspecified atom stereocenters. The molecule has 0 bridgehead atoms. The first-order valence-corrected chi connectivity index (χ1v) is 9.97. The molecule has 1 N–H and O–H groups in total. The summed E-state index contributed by atoms with van der Waals surface area (Å²) in [5.74, 6) is 0.0239. The smallest absolute Gasteiger partial charge is 0.261 e. The zero-order valence-corrected chi connectivity index (χ0v) is 16.0. The summed E-state index contributed by atoms with van der Waals surface area (Å²) in [6, 6.07) is 11.2. The van der Waals surface area contributed by atoms with Gasteiger partial charge in [-0.3, -0.25) is 18.9 Å². The lowest BCUT2D eigenvalue weighted by molar-refractivity contribution is 0.0912. The Morgan fingerprint density at radius 2 is 2.07 bits per heavy atom. The molecule has 1 fully saturated rings. The molecule has 3 aromatic rings. The number of likely N-dealkylation sites (tertiary alicyclic amines) is 1. The molecule has 0 radical (unpaired) electrons. The van der Waals surface area contributed by atoms with E-state index in [1.54, 1.807) is 16.7 Å². The molecule has 4 rings (SSSR count). The van der Waals surface area contributed by atoms with Crippen LogP contribution in [0.4, 0.5) is 0 Å². The minimum atomic E-state index is -0.0519. The number of pyridine rings is 1. The molecule has 0 aromatic carbocycles. The number of carbonyl (C=O) groups is 1. The number of nitrogens with zero attached hydrogens (tertiary/aromatic N) is 3. The van der Waals surface area contributed by atoms with Gasteiger partial charge < -0.3 is 5.32 Å². The zero-order valence-electron chi connectivity index (χ0n) is 15.2. The Morgan fingerprint density at radius 1 is 1.26 bits per heavy atom. The van der Waals surface area contributed by atoms with Crippen molar-refractivity contribution in [1.29, 1.82) is 0 Å². The molecule has 1 aliphatic heterocycles. The van der Waals surface area contributed by atoms with Gasteiger partial charge in [-0.05, 0) is 44.0 Å². The minimum absolute atomic E-state index is 0.0239. The molecule has 3 aromatic heterocycles. The highest BCUT2D eigenvalue weighted by molar-refractivity contribution is 7.13. The fraction of sp³-hybridized carbons (Fsp3) is 0.350. The SMILES string of the molecule is Cc1ccc(C(=O)NC2CCN(Cc3cc(=O)n4ccccc4n3)CC2)s1. The molecule has 27 heavy (non-hydrogen) atoms. The first-order chi connectivity index (χ1) is 13.1. The van der Waals surface area contributed by atoms with Crippen LogP contribution in [0.3, 0.4) is 0 Å². The number of fused-ring (bicyclic) bond motifs is 1. The molecule has 6 nitrogen and oxygen atoms in total. The van der Waals surface area contributed by atoms with Crippen molar-refractivity contribution >= 4 is 22.9 Å². The summed E-state index contributed by atoms with van der Waals surface area (Å²) in [7, 11) is 0. The van der Waals surface area contributed by atoms with E-state index in [2.05, 4.69) is 15.2 Å². The number of hydrogen-bond donors (Lipinski definition) is 1. The van der Waals surface area contributed by atoms with Crippen LogP contribution in [-0.2, 0) is 6.54 Å². The maximum Gasteiger partial charge on any atom is 0.261 e. The summed E-state index contributed by atoms with van der Waals surface area (Å²) in [6.07, 6.45) is 3.54. The van der Waals surface area contributed by atoms with Crippen molar-refractivity contribution in [3.05, 3.63) is 68.4 Å². The van der Waals surface area contributed by atoms with Crippen molar-refractivity contribution in [2.24, 2.45) is 0 Å². The Kier molecular flexibility index (Phi) is 5.05. The van der Waals surface area contributed by atoms with Crippen LogP contribution in [0.15, 0.2) is 47.4 Å². The number of aryl methyl sites for hydroxylation is 1. The van der Waals surface area contributed by atoms with Gasteiger partial charge in [-0.15, -0.1) is 11.3 Å².